The first-order valence-corrected chi connectivity index (χ1v) is 8.89. The molecule has 1 heterocycles. The molecule has 0 aliphatic carbocycles. The van der Waals surface area contributed by atoms with Crippen LogP contribution in [0.3, 0.4) is 0 Å². The lowest BCUT2D eigenvalue weighted by Gasteiger charge is -2.13. The van der Waals surface area contributed by atoms with Crippen LogP contribution in [0, 0.1) is 0 Å². The third kappa shape index (κ3) is 4.89. The molecule has 1 aromatic heterocycles. The van der Waals surface area contributed by atoms with Crippen molar-refractivity contribution in [1.82, 2.24) is 4.98 Å². The highest BCUT2D eigenvalue weighted by Gasteiger charge is 2.14. The molecule has 2 N–H and O–H groups in total. The molecule has 8 heteroatoms. The summed E-state index contributed by atoms with van der Waals surface area (Å²) in [7, 11) is 0. The van der Waals surface area contributed by atoms with Gasteiger partial charge in [0.25, 0.3) is 0 Å². The summed E-state index contributed by atoms with van der Waals surface area (Å²) in [5.41, 5.74) is 2.28. The zero-order chi connectivity index (χ0) is 18.5. The minimum absolute atomic E-state index is 0. The first-order chi connectivity index (χ1) is 12.6. The zero-order valence-corrected chi connectivity index (χ0v) is 16.4. The molecule has 0 bridgehead atoms. The van der Waals surface area contributed by atoms with E-state index in [9.17, 15) is 9.59 Å². The number of amides is 2. The Morgan fingerprint density at radius 1 is 0.889 bits per heavy atom. The van der Waals surface area contributed by atoms with Crippen LogP contribution in [0.5, 0.6) is 0 Å². The van der Waals surface area contributed by atoms with Crippen molar-refractivity contribution in [2.75, 3.05) is 22.4 Å². The standard InChI is InChI=1S/C19H15Cl2N3O2.ClH/c20-9-16(25)23-14-7-5-12(6-8-14)18-15-4-2-1-3-13(15)11-22-19(18)24-17(26)10-21;/h1-8,11H,9-10H2,(H,23,25)(H,22,24,26);1H. The molecule has 0 unspecified atom stereocenters. The number of aromatic nitrogens is 1. The number of nitrogens with one attached hydrogen (secondary N) is 2. The lowest BCUT2D eigenvalue weighted by atomic mass is 9.99. The number of anilines is 2. The zero-order valence-electron chi connectivity index (χ0n) is 14.0. The molecule has 0 atom stereocenters. The van der Waals surface area contributed by atoms with Crippen LogP contribution < -0.4 is 10.6 Å². The summed E-state index contributed by atoms with van der Waals surface area (Å²) in [5, 5.41) is 7.33. The maximum atomic E-state index is 11.8. The molecule has 3 rings (SSSR count). The number of hydrogen-bond acceptors (Lipinski definition) is 3. The number of pyridine rings is 1. The van der Waals surface area contributed by atoms with Crippen LogP contribution in [0.2, 0.25) is 0 Å². The number of hydrogen-bond donors (Lipinski definition) is 2. The van der Waals surface area contributed by atoms with Crippen molar-refractivity contribution in [2.24, 2.45) is 0 Å². The summed E-state index contributed by atoms with van der Waals surface area (Å²) in [4.78, 5) is 27.6. The summed E-state index contributed by atoms with van der Waals surface area (Å²) in [5.74, 6) is -0.434. The molecule has 0 fully saturated rings. The van der Waals surface area contributed by atoms with Gasteiger partial charge >= 0.3 is 0 Å². The average Bonchev–Trinajstić information content (AvgIpc) is 2.68. The molecule has 3 aromatic rings. The van der Waals surface area contributed by atoms with E-state index in [1.807, 2.05) is 36.4 Å². The number of fused-ring (bicyclic) bond motifs is 1. The number of halogens is 3. The molecule has 0 aliphatic rings. The highest BCUT2D eigenvalue weighted by molar-refractivity contribution is 6.29. The largest absolute Gasteiger partial charge is 0.325 e. The van der Waals surface area contributed by atoms with Gasteiger partial charge in [-0.2, -0.15) is 0 Å². The van der Waals surface area contributed by atoms with E-state index >= 15 is 0 Å². The van der Waals surface area contributed by atoms with Gasteiger partial charge in [0.1, 0.15) is 17.6 Å². The van der Waals surface area contributed by atoms with Crippen molar-refractivity contribution in [3.05, 3.63) is 54.7 Å². The number of alkyl halides is 2. The summed E-state index contributed by atoms with van der Waals surface area (Å²) in [6.45, 7) is 0. The van der Waals surface area contributed by atoms with Gasteiger partial charge in [0.15, 0.2) is 0 Å². The monoisotopic (exact) mass is 423 g/mol. The van der Waals surface area contributed by atoms with Gasteiger partial charge in [0, 0.05) is 22.8 Å². The average molecular weight is 425 g/mol. The van der Waals surface area contributed by atoms with Gasteiger partial charge < -0.3 is 10.6 Å². The van der Waals surface area contributed by atoms with E-state index in [1.54, 1.807) is 18.3 Å². The summed E-state index contributed by atoms with van der Waals surface area (Å²) in [6.07, 6.45) is 1.71. The highest BCUT2D eigenvalue weighted by atomic mass is 35.5. The number of benzene rings is 2. The number of carbonyl (C=O) groups excluding carboxylic acids is 2. The lowest BCUT2D eigenvalue weighted by molar-refractivity contribution is -0.114. The summed E-state index contributed by atoms with van der Waals surface area (Å²) >= 11 is 11.1. The van der Waals surface area contributed by atoms with Gasteiger partial charge in [-0.15, -0.1) is 35.6 Å². The van der Waals surface area contributed by atoms with Crippen molar-refractivity contribution < 1.29 is 9.59 Å². The molecule has 5 nitrogen and oxygen atoms in total. The Kier molecular flexibility index (Phi) is 7.42. The van der Waals surface area contributed by atoms with Crippen molar-refractivity contribution in [1.29, 1.82) is 0 Å². The molecule has 0 spiro atoms. The second-order valence-electron chi connectivity index (χ2n) is 5.51. The van der Waals surface area contributed by atoms with E-state index in [0.717, 1.165) is 21.9 Å². The van der Waals surface area contributed by atoms with E-state index in [2.05, 4.69) is 15.6 Å². The van der Waals surface area contributed by atoms with Crippen molar-refractivity contribution >= 4 is 69.7 Å². The normalized spacial score (nSPS) is 10.1. The Balaban J connectivity index is 0.00000261. The molecule has 140 valence electrons. The third-order valence-corrected chi connectivity index (χ3v) is 4.24. The van der Waals surface area contributed by atoms with Gasteiger partial charge in [-0.25, -0.2) is 4.98 Å². The highest BCUT2D eigenvalue weighted by Crippen LogP contribution is 2.34. The van der Waals surface area contributed by atoms with Crippen LogP contribution in [-0.2, 0) is 9.59 Å². The number of carbonyl (C=O) groups is 2. The predicted octanol–water partition coefficient (Wildman–Crippen LogP) is 4.68. The second kappa shape index (κ2) is 9.55. The van der Waals surface area contributed by atoms with Gasteiger partial charge in [-0.1, -0.05) is 36.4 Å². The van der Waals surface area contributed by atoms with Crippen molar-refractivity contribution in [2.45, 2.75) is 0 Å². The first-order valence-electron chi connectivity index (χ1n) is 7.82. The summed E-state index contributed by atoms with van der Waals surface area (Å²) in [6, 6.07) is 15.0. The van der Waals surface area contributed by atoms with Gasteiger partial charge in [0.2, 0.25) is 11.8 Å². The third-order valence-electron chi connectivity index (χ3n) is 3.76. The fourth-order valence-electron chi connectivity index (χ4n) is 2.63. The maximum absolute atomic E-state index is 11.8. The number of nitrogens with zero attached hydrogens (tertiary/aromatic N) is 1. The Morgan fingerprint density at radius 3 is 2.19 bits per heavy atom. The molecule has 27 heavy (non-hydrogen) atoms. The smallest absolute Gasteiger partial charge is 0.240 e. The van der Waals surface area contributed by atoms with Crippen molar-refractivity contribution in [3.8, 4) is 11.1 Å². The molecule has 0 radical (unpaired) electrons. The maximum Gasteiger partial charge on any atom is 0.240 e. The fraction of sp³-hybridized carbons (Fsp3) is 0.105. The second-order valence-corrected chi connectivity index (χ2v) is 6.04. The van der Waals surface area contributed by atoms with Crippen LogP contribution in [0.15, 0.2) is 54.7 Å². The van der Waals surface area contributed by atoms with Crippen LogP contribution in [0.1, 0.15) is 0 Å². The quantitative estimate of drug-likeness (QED) is 0.584. The van der Waals surface area contributed by atoms with E-state index < -0.39 is 0 Å². The van der Waals surface area contributed by atoms with Gasteiger partial charge in [-0.05, 0) is 23.1 Å². The minimum atomic E-state index is -0.332. The van der Waals surface area contributed by atoms with Crippen LogP contribution in [0.4, 0.5) is 11.5 Å². The van der Waals surface area contributed by atoms with E-state index in [-0.39, 0.29) is 36.0 Å². The van der Waals surface area contributed by atoms with E-state index in [0.29, 0.717) is 11.5 Å². The first kappa shape index (κ1) is 21.0. The van der Waals surface area contributed by atoms with Gasteiger partial charge in [0.05, 0.1) is 0 Å². The van der Waals surface area contributed by atoms with Crippen LogP contribution in [-0.4, -0.2) is 28.6 Å². The fourth-order valence-corrected chi connectivity index (χ4v) is 2.76. The molecule has 0 saturated carbocycles. The molecular weight excluding hydrogens is 409 g/mol. The van der Waals surface area contributed by atoms with E-state index in [1.165, 1.54) is 0 Å². The SMILES string of the molecule is Cl.O=C(CCl)Nc1ccc(-c2c(NC(=O)CCl)ncc3ccccc23)cc1. The molecule has 0 aliphatic heterocycles. The molecule has 2 amide bonds. The minimum Gasteiger partial charge on any atom is -0.325 e. The molecule has 0 saturated heterocycles. The number of rotatable bonds is 5. The Hall–Kier alpha value is -2.34. The van der Waals surface area contributed by atoms with E-state index in [4.69, 9.17) is 23.2 Å². The Labute approximate surface area is 172 Å². The Morgan fingerprint density at radius 2 is 1.52 bits per heavy atom. The molecule has 2 aromatic carbocycles. The lowest BCUT2D eigenvalue weighted by Crippen LogP contribution is -2.14. The molecular formula is C19H16Cl3N3O2. The summed E-state index contributed by atoms with van der Waals surface area (Å²) < 4.78 is 0. The van der Waals surface area contributed by atoms with Gasteiger partial charge in [-0.3, -0.25) is 9.59 Å². The Bertz CT molecular complexity index is 962. The van der Waals surface area contributed by atoms with Crippen LogP contribution in [0.25, 0.3) is 21.9 Å². The van der Waals surface area contributed by atoms with Crippen LogP contribution >= 0.6 is 35.6 Å². The van der Waals surface area contributed by atoms with Crippen molar-refractivity contribution in [3.63, 3.8) is 0 Å². The topological polar surface area (TPSA) is 71.1 Å². The predicted molar refractivity (Wildman–Crippen MR) is 113 cm³/mol.